The van der Waals surface area contributed by atoms with E-state index in [1.807, 2.05) is 0 Å². The summed E-state index contributed by atoms with van der Waals surface area (Å²) in [6, 6.07) is 0. The molecule has 0 N–H and O–H groups in total. The molecule has 35 heavy (non-hydrogen) atoms. The third kappa shape index (κ3) is 20.3. The normalized spacial score (nSPS) is 15.3. The Hall–Kier alpha value is -1.66. The zero-order chi connectivity index (χ0) is 25.4. The minimum Gasteiger partial charge on any atom is -0.466 e. The van der Waals surface area contributed by atoms with Crippen molar-refractivity contribution in [1.29, 1.82) is 0 Å². The summed E-state index contributed by atoms with van der Waals surface area (Å²) >= 11 is 0. The molecule has 0 amide bonds. The van der Waals surface area contributed by atoms with Crippen LogP contribution in [-0.2, 0) is 19.1 Å². The van der Waals surface area contributed by atoms with Crippen LogP contribution in [0.25, 0.3) is 0 Å². The molecular formula is C29H52N2O4. The number of piperazine rings is 1. The van der Waals surface area contributed by atoms with E-state index >= 15 is 0 Å². The molecule has 1 heterocycles. The van der Waals surface area contributed by atoms with E-state index in [1.165, 1.54) is 44.9 Å². The van der Waals surface area contributed by atoms with E-state index in [9.17, 15) is 9.59 Å². The summed E-state index contributed by atoms with van der Waals surface area (Å²) < 4.78 is 10.6. The van der Waals surface area contributed by atoms with E-state index in [0.29, 0.717) is 26.2 Å². The van der Waals surface area contributed by atoms with Gasteiger partial charge in [0.25, 0.3) is 0 Å². The van der Waals surface area contributed by atoms with Gasteiger partial charge in [-0.15, -0.1) is 0 Å². The third-order valence-corrected chi connectivity index (χ3v) is 6.34. The van der Waals surface area contributed by atoms with Gasteiger partial charge in [0.05, 0.1) is 19.8 Å². The van der Waals surface area contributed by atoms with Crippen molar-refractivity contribution in [2.24, 2.45) is 0 Å². The second-order valence-electron chi connectivity index (χ2n) is 9.71. The van der Waals surface area contributed by atoms with Crippen molar-refractivity contribution in [2.75, 3.05) is 53.0 Å². The molecule has 0 aromatic heterocycles. The van der Waals surface area contributed by atoms with Crippen LogP contribution in [0.15, 0.2) is 24.3 Å². The molecular weight excluding hydrogens is 440 g/mol. The van der Waals surface area contributed by atoms with Gasteiger partial charge in [-0.3, -0.25) is 14.5 Å². The number of hydrogen-bond donors (Lipinski definition) is 0. The maximum atomic E-state index is 11.9. The lowest BCUT2D eigenvalue weighted by molar-refractivity contribution is -0.147. The van der Waals surface area contributed by atoms with Crippen LogP contribution in [0.2, 0.25) is 0 Å². The number of nitrogens with zero attached hydrogens (tertiary/aromatic N) is 2. The Balaban J connectivity index is 1.82. The van der Waals surface area contributed by atoms with E-state index in [0.717, 1.165) is 64.7 Å². The Bertz CT molecular complexity index is 583. The van der Waals surface area contributed by atoms with Crippen molar-refractivity contribution in [2.45, 2.75) is 96.8 Å². The Morgan fingerprint density at radius 3 is 1.91 bits per heavy atom. The summed E-state index contributed by atoms with van der Waals surface area (Å²) in [5.74, 6) is -0.268. The van der Waals surface area contributed by atoms with Crippen LogP contribution in [0.1, 0.15) is 96.8 Å². The molecule has 1 aliphatic heterocycles. The lowest BCUT2D eigenvalue weighted by atomic mass is 10.1. The van der Waals surface area contributed by atoms with Crippen molar-refractivity contribution in [3.63, 3.8) is 0 Å². The number of carbonyl (C=O) groups is 2. The SMILES string of the molecule is CCCCC/C=C\C/C=C\CCCCCCCC(=O)OCCCCOC(=O)CN1CCN(C)CC1. The highest BCUT2D eigenvalue weighted by molar-refractivity contribution is 5.71. The molecule has 1 rings (SSSR count). The molecule has 0 atom stereocenters. The van der Waals surface area contributed by atoms with Crippen molar-refractivity contribution in [3.8, 4) is 0 Å². The molecule has 0 aliphatic carbocycles. The number of allylic oxidation sites excluding steroid dienone is 4. The second kappa shape index (κ2) is 22.8. The molecule has 1 fully saturated rings. The summed E-state index contributed by atoms with van der Waals surface area (Å²) in [4.78, 5) is 28.1. The average Bonchev–Trinajstić information content (AvgIpc) is 2.85. The van der Waals surface area contributed by atoms with Gasteiger partial charge in [0, 0.05) is 32.6 Å². The van der Waals surface area contributed by atoms with Crippen molar-refractivity contribution in [3.05, 3.63) is 24.3 Å². The van der Waals surface area contributed by atoms with Gasteiger partial charge in [-0.05, 0) is 58.4 Å². The number of likely N-dealkylation sites (N-methyl/N-ethyl adjacent to an activating group) is 1. The minimum atomic E-state index is -0.159. The van der Waals surface area contributed by atoms with Crippen LogP contribution in [0, 0.1) is 0 Å². The Morgan fingerprint density at radius 2 is 1.26 bits per heavy atom. The fraction of sp³-hybridized carbons (Fsp3) is 0.793. The Morgan fingerprint density at radius 1 is 0.686 bits per heavy atom. The molecule has 0 spiro atoms. The van der Waals surface area contributed by atoms with Gasteiger partial charge in [-0.2, -0.15) is 0 Å². The highest BCUT2D eigenvalue weighted by Gasteiger charge is 2.17. The van der Waals surface area contributed by atoms with Crippen LogP contribution in [0.3, 0.4) is 0 Å². The molecule has 0 aromatic carbocycles. The van der Waals surface area contributed by atoms with Gasteiger partial charge < -0.3 is 14.4 Å². The van der Waals surface area contributed by atoms with E-state index < -0.39 is 0 Å². The predicted octanol–water partition coefficient (Wildman–Crippen LogP) is 5.91. The van der Waals surface area contributed by atoms with E-state index in [1.54, 1.807) is 0 Å². The molecule has 6 nitrogen and oxygen atoms in total. The third-order valence-electron chi connectivity index (χ3n) is 6.34. The smallest absolute Gasteiger partial charge is 0.320 e. The predicted molar refractivity (Wildman–Crippen MR) is 144 cm³/mol. The minimum absolute atomic E-state index is 0.109. The van der Waals surface area contributed by atoms with Crippen molar-refractivity contribution < 1.29 is 19.1 Å². The van der Waals surface area contributed by atoms with Crippen LogP contribution in [0.4, 0.5) is 0 Å². The van der Waals surface area contributed by atoms with Gasteiger partial charge in [0.1, 0.15) is 0 Å². The molecule has 1 saturated heterocycles. The van der Waals surface area contributed by atoms with Gasteiger partial charge in [-0.25, -0.2) is 0 Å². The maximum absolute atomic E-state index is 11.9. The first kappa shape index (κ1) is 31.4. The summed E-state index contributed by atoms with van der Waals surface area (Å²) in [6.45, 7) is 7.23. The largest absolute Gasteiger partial charge is 0.466 e. The molecule has 1 aliphatic rings. The molecule has 6 heteroatoms. The fourth-order valence-corrected chi connectivity index (χ4v) is 3.96. The number of rotatable bonds is 21. The standard InChI is InChI=1S/C29H52N2O4/c1-3-4-5-6-7-8-9-10-11-12-13-14-15-16-17-20-28(32)34-25-18-19-26-35-29(33)27-31-23-21-30(2)22-24-31/h7-8,10-11H,3-6,9,12-27H2,1-2H3/b8-7-,11-10-. The van der Waals surface area contributed by atoms with Gasteiger partial charge in [0.15, 0.2) is 0 Å². The van der Waals surface area contributed by atoms with Gasteiger partial charge >= 0.3 is 11.9 Å². The van der Waals surface area contributed by atoms with E-state index in [2.05, 4.69) is 48.1 Å². The van der Waals surface area contributed by atoms with Crippen LogP contribution >= 0.6 is 0 Å². The molecule has 202 valence electrons. The van der Waals surface area contributed by atoms with Crippen LogP contribution in [0.5, 0.6) is 0 Å². The van der Waals surface area contributed by atoms with Crippen molar-refractivity contribution >= 4 is 11.9 Å². The number of esters is 2. The second-order valence-corrected chi connectivity index (χ2v) is 9.71. The highest BCUT2D eigenvalue weighted by Crippen LogP contribution is 2.09. The summed E-state index contributed by atoms with van der Waals surface area (Å²) in [5, 5.41) is 0. The van der Waals surface area contributed by atoms with Crippen LogP contribution in [-0.4, -0.2) is 74.7 Å². The highest BCUT2D eigenvalue weighted by atomic mass is 16.5. The number of ether oxygens (including phenoxy) is 2. The molecule has 0 bridgehead atoms. The van der Waals surface area contributed by atoms with Gasteiger partial charge in [0.2, 0.25) is 0 Å². The number of carbonyl (C=O) groups excluding carboxylic acids is 2. The monoisotopic (exact) mass is 492 g/mol. The Labute approximate surface area is 215 Å². The van der Waals surface area contributed by atoms with Crippen molar-refractivity contribution in [1.82, 2.24) is 9.80 Å². The number of unbranched alkanes of at least 4 members (excludes halogenated alkanes) is 9. The number of hydrogen-bond acceptors (Lipinski definition) is 6. The lowest BCUT2D eigenvalue weighted by Gasteiger charge is -2.31. The average molecular weight is 493 g/mol. The quantitative estimate of drug-likeness (QED) is 0.113. The molecule has 0 aromatic rings. The summed E-state index contributed by atoms with van der Waals surface area (Å²) in [7, 11) is 2.10. The zero-order valence-corrected chi connectivity index (χ0v) is 22.7. The van der Waals surface area contributed by atoms with Crippen LogP contribution < -0.4 is 0 Å². The summed E-state index contributed by atoms with van der Waals surface area (Å²) in [5.41, 5.74) is 0. The van der Waals surface area contributed by atoms with E-state index in [-0.39, 0.29) is 11.9 Å². The summed E-state index contributed by atoms with van der Waals surface area (Å²) in [6.07, 6.45) is 24.1. The molecule has 0 radical (unpaired) electrons. The lowest BCUT2D eigenvalue weighted by Crippen LogP contribution is -2.46. The first-order chi connectivity index (χ1) is 17.1. The molecule has 0 unspecified atom stereocenters. The maximum Gasteiger partial charge on any atom is 0.320 e. The Kier molecular flexibility index (Phi) is 20.4. The van der Waals surface area contributed by atoms with Gasteiger partial charge in [-0.1, -0.05) is 63.3 Å². The fourth-order valence-electron chi connectivity index (χ4n) is 3.96. The first-order valence-electron chi connectivity index (χ1n) is 14.1. The molecule has 0 saturated carbocycles. The topological polar surface area (TPSA) is 59.1 Å². The first-order valence-corrected chi connectivity index (χ1v) is 14.1. The van der Waals surface area contributed by atoms with E-state index in [4.69, 9.17) is 9.47 Å². The zero-order valence-electron chi connectivity index (χ0n) is 22.7.